The van der Waals surface area contributed by atoms with E-state index in [1.807, 2.05) is 0 Å². The van der Waals surface area contributed by atoms with Crippen LogP contribution >= 0.6 is 0 Å². The summed E-state index contributed by atoms with van der Waals surface area (Å²) in [6.07, 6.45) is 0. The van der Waals surface area contributed by atoms with Crippen molar-refractivity contribution in [3.8, 4) is 0 Å². The maximum absolute atomic E-state index is 2.32. The van der Waals surface area contributed by atoms with E-state index in [4.69, 9.17) is 0 Å². The van der Waals surface area contributed by atoms with Crippen molar-refractivity contribution >= 4 is 15.4 Å². The Hall–Kier alpha value is 0.492. The van der Waals surface area contributed by atoms with Crippen LogP contribution in [0.4, 0.5) is 0 Å². The largest absolute Gasteiger partial charge is 0.393 e. The Kier molecular flexibility index (Phi) is 3.98. The Morgan fingerprint density at radius 1 is 1.50 bits per heavy atom. The molecule has 0 aromatic rings. The Morgan fingerprint density at radius 2 is 2.00 bits per heavy atom. The van der Waals surface area contributed by atoms with E-state index in [1.54, 1.807) is 0 Å². The van der Waals surface area contributed by atoms with Gasteiger partial charge in [0.1, 0.15) is 0 Å². The van der Waals surface area contributed by atoms with Gasteiger partial charge >= 0.3 is 15.4 Å². The van der Waals surface area contributed by atoms with Gasteiger partial charge in [-0.25, -0.2) is 0 Å². The van der Waals surface area contributed by atoms with E-state index in [2.05, 4.69) is 24.9 Å². The molecule has 0 saturated carbocycles. The van der Waals surface area contributed by atoms with E-state index in [1.165, 1.54) is 5.28 Å². The van der Waals surface area contributed by atoms with Crippen LogP contribution in [0.3, 0.4) is 0 Å². The average molecular weight is 101 g/mol. The molecule has 0 radical (unpaired) electrons. The Bertz CT molecular complexity index is 28.7. The molecule has 0 spiro atoms. The van der Waals surface area contributed by atoms with Crippen molar-refractivity contribution < 1.29 is 0 Å². The molecule has 0 aliphatic carbocycles. The molecule has 0 rings (SSSR count). The van der Waals surface area contributed by atoms with Crippen LogP contribution in [0.2, 0.25) is 5.28 Å². The number of hydrogen-bond donors (Lipinski definition) is 0. The summed E-state index contributed by atoms with van der Waals surface area (Å²) in [5, 5.41) is 1.40. The Labute approximate surface area is 46.3 Å². The van der Waals surface area contributed by atoms with E-state index in [0.717, 1.165) is 0 Å². The van der Waals surface area contributed by atoms with Gasteiger partial charge in [0.15, 0.2) is 0 Å². The third-order valence-corrected chi connectivity index (χ3v) is 2.01. The zero-order chi connectivity index (χ0) is 4.99. The van der Waals surface area contributed by atoms with Gasteiger partial charge in [-0.3, -0.25) is 0 Å². The average Bonchev–Trinajstić information content (AvgIpc) is 1.35. The monoisotopic (exact) mass is 101 g/mol. The fraction of sp³-hybridized carbons (Fsp3) is 1.00. The van der Waals surface area contributed by atoms with Gasteiger partial charge in [0.2, 0.25) is 0 Å². The second kappa shape index (κ2) is 3.67. The first-order valence-corrected chi connectivity index (χ1v) is 4.05. The topological polar surface area (TPSA) is 3.24 Å². The molecule has 0 aliphatic heterocycles. The molecule has 0 aliphatic rings. The summed E-state index contributed by atoms with van der Waals surface area (Å²) in [4.78, 5) is 0. The van der Waals surface area contributed by atoms with Gasteiger partial charge in [0.05, 0.1) is 0 Å². The normalized spacial score (nSPS) is 9.33. The molecule has 36 valence electrons. The lowest BCUT2D eigenvalue weighted by Crippen LogP contribution is -2.15. The number of nitrogens with zero attached hydrogens (tertiary/aromatic N) is 1. The minimum absolute atomic E-state index is 0.190. The van der Waals surface area contributed by atoms with Gasteiger partial charge in [-0.15, -0.1) is 0 Å². The molecule has 0 atom stereocenters. The summed E-state index contributed by atoms with van der Waals surface area (Å²) in [6.45, 7) is 2.24. The summed E-state index contributed by atoms with van der Waals surface area (Å²) < 4.78 is 2.32. The lowest BCUT2D eigenvalue weighted by molar-refractivity contribution is 0.659. The standard InChI is InChI=1S/C2H6N.C2H5.Al.H/c1-3-2;1-2;;/h1-2H3;1H2,2H3;;/q-1;;+1;. The van der Waals surface area contributed by atoms with Crippen LogP contribution in [0.25, 0.3) is 0 Å². The summed E-state index contributed by atoms with van der Waals surface area (Å²) in [7, 11) is 4.30. The van der Waals surface area contributed by atoms with Crippen molar-refractivity contribution in [2.45, 2.75) is 12.2 Å². The molecule has 0 heterocycles. The van der Waals surface area contributed by atoms with Gasteiger partial charge in [0, 0.05) is 0 Å². The van der Waals surface area contributed by atoms with Crippen LogP contribution in [0, 0.1) is 0 Å². The smallest absolute Gasteiger partial charge is 0.346 e. The fourth-order valence-corrected chi connectivity index (χ4v) is 1.34. The molecule has 0 saturated heterocycles. The predicted octanol–water partition coefficient (Wildman–Crippen LogP) is 0.338. The summed E-state index contributed by atoms with van der Waals surface area (Å²) in [5.74, 6) is 0. The van der Waals surface area contributed by atoms with Crippen molar-refractivity contribution in [3.05, 3.63) is 0 Å². The van der Waals surface area contributed by atoms with Gasteiger partial charge < -0.3 is 3.88 Å². The molecular formula is C4H12AlN. The van der Waals surface area contributed by atoms with Crippen molar-refractivity contribution in [2.75, 3.05) is 14.1 Å². The molecule has 0 bridgehead atoms. The minimum atomic E-state index is 0.190. The molecule has 0 fully saturated rings. The highest BCUT2D eigenvalue weighted by Gasteiger charge is 1.87. The lowest BCUT2D eigenvalue weighted by Gasteiger charge is -2.01. The molecule has 0 aromatic carbocycles. The first-order chi connectivity index (χ1) is 2.77. The van der Waals surface area contributed by atoms with Gasteiger partial charge in [-0.05, 0) is 14.1 Å². The SMILES string of the molecule is C[CH2][AlH][N](C)C. The van der Waals surface area contributed by atoms with Crippen molar-refractivity contribution in [2.24, 2.45) is 0 Å². The quantitative estimate of drug-likeness (QED) is 0.453. The van der Waals surface area contributed by atoms with E-state index in [0.29, 0.717) is 0 Å². The lowest BCUT2D eigenvalue weighted by atomic mass is 11.0. The highest BCUT2D eigenvalue weighted by atomic mass is 27.1. The molecule has 1 nitrogen and oxygen atoms in total. The highest BCUT2D eigenvalue weighted by molar-refractivity contribution is 6.31. The zero-order valence-electron chi connectivity index (χ0n) is 4.86. The molecule has 0 unspecified atom stereocenters. The van der Waals surface area contributed by atoms with Crippen LogP contribution < -0.4 is 0 Å². The first-order valence-electron chi connectivity index (χ1n) is 2.42. The van der Waals surface area contributed by atoms with E-state index < -0.39 is 0 Å². The van der Waals surface area contributed by atoms with Crippen LogP contribution in [-0.2, 0) is 0 Å². The van der Waals surface area contributed by atoms with Gasteiger partial charge in [0.25, 0.3) is 0 Å². The maximum Gasteiger partial charge on any atom is 0.346 e. The second-order valence-corrected chi connectivity index (χ2v) is 4.52. The zero-order valence-corrected chi connectivity index (χ0v) is 6.28. The molecule has 0 aromatic heterocycles. The predicted molar refractivity (Wildman–Crippen MR) is 31.3 cm³/mol. The maximum atomic E-state index is 2.32. The molecule has 6 heavy (non-hydrogen) atoms. The number of rotatable bonds is 2. The first kappa shape index (κ1) is 6.49. The third kappa shape index (κ3) is 4.49. The van der Waals surface area contributed by atoms with Crippen molar-refractivity contribution in [1.29, 1.82) is 0 Å². The van der Waals surface area contributed by atoms with Crippen LogP contribution in [0.15, 0.2) is 0 Å². The Morgan fingerprint density at radius 3 is 2.00 bits per heavy atom. The van der Waals surface area contributed by atoms with Gasteiger partial charge in [-0.1, -0.05) is 12.2 Å². The molecule has 2 heteroatoms. The molecular weight excluding hydrogens is 89.0 g/mol. The van der Waals surface area contributed by atoms with E-state index in [-0.39, 0.29) is 15.4 Å². The van der Waals surface area contributed by atoms with Crippen LogP contribution in [0.1, 0.15) is 6.92 Å². The van der Waals surface area contributed by atoms with Crippen LogP contribution in [0.5, 0.6) is 0 Å². The minimum Gasteiger partial charge on any atom is -0.393 e. The van der Waals surface area contributed by atoms with E-state index >= 15 is 0 Å². The van der Waals surface area contributed by atoms with Crippen LogP contribution in [-0.4, -0.2) is 33.4 Å². The summed E-state index contributed by atoms with van der Waals surface area (Å²) >= 11 is 0.190. The summed E-state index contributed by atoms with van der Waals surface area (Å²) in [5.41, 5.74) is 0. The third-order valence-electron chi connectivity index (χ3n) is 0.671. The Balaban J connectivity index is 2.63. The van der Waals surface area contributed by atoms with Crippen molar-refractivity contribution in [1.82, 2.24) is 3.88 Å². The van der Waals surface area contributed by atoms with Gasteiger partial charge in [-0.2, -0.15) is 0 Å². The van der Waals surface area contributed by atoms with E-state index in [9.17, 15) is 0 Å². The van der Waals surface area contributed by atoms with Crippen molar-refractivity contribution in [3.63, 3.8) is 0 Å². The number of hydrogen-bond acceptors (Lipinski definition) is 1. The second-order valence-electron chi connectivity index (χ2n) is 1.80. The molecule has 0 N–H and O–H groups in total. The molecule has 0 amide bonds. The highest BCUT2D eigenvalue weighted by Crippen LogP contribution is 1.73. The fourth-order valence-electron chi connectivity index (χ4n) is 0.447. The summed E-state index contributed by atoms with van der Waals surface area (Å²) in [6, 6.07) is 0.